The van der Waals surface area contributed by atoms with Gasteiger partial charge >= 0.3 is 0 Å². The van der Waals surface area contributed by atoms with Crippen LogP contribution in [-0.2, 0) is 16.6 Å². The van der Waals surface area contributed by atoms with Gasteiger partial charge in [-0.2, -0.15) is 0 Å². The number of fused-ring (bicyclic) bond motifs is 2. The van der Waals surface area contributed by atoms with Gasteiger partial charge in [0.05, 0.1) is 5.41 Å². The van der Waals surface area contributed by atoms with Gasteiger partial charge in [0, 0.05) is 17.2 Å². The van der Waals surface area contributed by atoms with E-state index in [1.807, 2.05) is 32.9 Å². The van der Waals surface area contributed by atoms with Gasteiger partial charge in [-0.1, -0.05) is 6.92 Å². The van der Waals surface area contributed by atoms with Gasteiger partial charge in [-0.3, -0.25) is 9.59 Å². The molecule has 3 nitrogen and oxygen atoms in total. The Kier molecular flexibility index (Phi) is 1.84. The summed E-state index contributed by atoms with van der Waals surface area (Å²) >= 11 is 0. The molecule has 0 aromatic heterocycles. The highest BCUT2D eigenvalue weighted by atomic mass is 16.2. The van der Waals surface area contributed by atoms with Crippen LogP contribution in [0.1, 0.15) is 42.3 Å². The zero-order valence-corrected chi connectivity index (χ0v) is 10.3. The van der Waals surface area contributed by atoms with E-state index in [0.717, 1.165) is 28.8 Å². The van der Waals surface area contributed by atoms with Crippen LogP contribution in [-0.4, -0.2) is 11.7 Å². The zero-order valence-electron chi connectivity index (χ0n) is 10.3. The van der Waals surface area contributed by atoms with Crippen molar-refractivity contribution in [2.45, 2.75) is 32.6 Å². The maximum Gasteiger partial charge on any atom is 0.234 e. The average molecular weight is 229 g/mol. The van der Waals surface area contributed by atoms with Crippen LogP contribution < -0.4 is 5.32 Å². The molecular formula is C14H15NO2. The summed E-state index contributed by atoms with van der Waals surface area (Å²) in [6.07, 6.45) is 0.789. The number of Topliss-reactive ketones (excluding diaryl/α,β-unsaturated/α-hetero) is 1. The second kappa shape index (κ2) is 2.97. The maximum atomic E-state index is 12.0. The summed E-state index contributed by atoms with van der Waals surface area (Å²) in [7, 11) is 0. The largest absolute Gasteiger partial charge is 0.325 e. The molecule has 3 heteroatoms. The molecule has 1 aromatic carbocycles. The van der Waals surface area contributed by atoms with E-state index in [4.69, 9.17) is 0 Å². The SMILES string of the molecule is CC1Cc2cc3c(cc2C1=O)C(C)(C)C(=O)N3. The fourth-order valence-corrected chi connectivity index (χ4v) is 2.75. The van der Waals surface area contributed by atoms with Crippen molar-refractivity contribution in [2.75, 3.05) is 5.32 Å². The molecule has 1 heterocycles. The normalized spacial score (nSPS) is 24.5. The van der Waals surface area contributed by atoms with Gasteiger partial charge in [-0.05, 0) is 43.5 Å². The monoisotopic (exact) mass is 229 g/mol. The standard InChI is InChI=1S/C14H15NO2/c1-7-4-8-5-11-10(6-9(8)12(7)16)14(2,3)13(17)15-11/h5-7H,4H2,1-3H3,(H,15,17). The average Bonchev–Trinajstić information content (AvgIpc) is 2.64. The number of carbonyl (C=O) groups is 2. The van der Waals surface area contributed by atoms with Crippen molar-refractivity contribution in [1.29, 1.82) is 0 Å². The maximum absolute atomic E-state index is 12.0. The first-order valence-corrected chi connectivity index (χ1v) is 5.94. The van der Waals surface area contributed by atoms with Crippen LogP contribution in [0, 0.1) is 5.92 Å². The summed E-state index contributed by atoms with van der Waals surface area (Å²) in [5.41, 5.74) is 3.17. The fourth-order valence-electron chi connectivity index (χ4n) is 2.75. The molecular weight excluding hydrogens is 214 g/mol. The fraction of sp³-hybridized carbons (Fsp3) is 0.429. The quantitative estimate of drug-likeness (QED) is 0.742. The van der Waals surface area contributed by atoms with E-state index in [-0.39, 0.29) is 17.6 Å². The van der Waals surface area contributed by atoms with Gasteiger partial charge in [0.15, 0.2) is 5.78 Å². The van der Waals surface area contributed by atoms with Crippen molar-refractivity contribution in [3.05, 3.63) is 28.8 Å². The summed E-state index contributed by atoms with van der Waals surface area (Å²) in [5, 5.41) is 2.90. The van der Waals surface area contributed by atoms with E-state index >= 15 is 0 Å². The van der Waals surface area contributed by atoms with Crippen LogP contribution in [0.2, 0.25) is 0 Å². The molecule has 17 heavy (non-hydrogen) atoms. The van der Waals surface area contributed by atoms with Crippen LogP contribution in [0.5, 0.6) is 0 Å². The molecule has 1 aromatic rings. The molecule has 3 rings (SSSR count). The van der Waals surface area contributed by atoms with Crippen molar-refractivity contribution < 1.29 is 9.59 Å². The minimum Gasteiger partial charge on any atom is -0.325 e. The lowest BCUT2D eigenvalue weighted by Gasteiger charge is -2.15. The number of hydrogen-bond donors (Lipinski definition) is 1. The van der Waals surface area contributed by atoms with E-state index in [2.05, 4.69) is 5.32 Å². The number of rotatable bonds is 0. The Labute approximate surface area is 100 Å². The summed E-state index contributed by atoms with van der Waals surface area (Å²) in [5.74, 6) is 0.293. The molecule has 1 unspecified atom stereocenters. The van der Waals surface area contributed by atoms with E-state index in [9.17, 15) is 9.59 Å². The van der Waals surface area contributed by atoms with Gasteiger partial charge in [-0.25, -0.2) is 0 Å². The first-order valence-electron chi connectivity index (χ1n) is 5.94. The van der Waals surface area contributed by atoms with Crippen LogP contribution >= 0.6 is 0 Å². The molecule has 1 amide bonds. The number of carbonyl (C=O) groups excluding carboxylic acids is 2. The lowest BCUT2D eigenvalue weighted by Crippen LogP contribution is -2.27. The number of nitrogens with one attached hydrogen (secondary N) is 1. The molecule has 1 aliphatic heterocycles. The summed E-state index contributed by atoms with van der Waals surface area (Å²) in [6.45, 7) is 5.74. The first-order chi connectivity index (χ1) is 7.91. The molecule has 0 spiro atoms. The number of benzene rings is 1. The number of amides is 1. The zero-order chi connectivity index (χ0) is 12.4. The van der Waals surface area contributed by atoms with Gasteiger partial charge in [0.25, 0.3) is 0 Å². The third-order valence-electron chi connectivity index (χ3n) is 3.97. The Balaban J connectivity index is 2.21. The Morgan fingerprint density at radius 3 is 2.71 bits per heavy atom. The highest BCUT2D eigenvalue weighted by Gasteiger charge is 2.40. The number of anilines is 1. The third-order valence-corrected chi connectivity index (χ3v) is 3.97. The minimum absolute atomic E-state index is 0.0108. The van der Waals surface area contributed by atoms with Crippen LogP contribution in [0.3, 0.4) is 0 Å². The molecule has 88 valence electrons. The van der Waals surface area contributed by atoms with Crippen molar-refractivity contribution >= 4 is 17.4 Å². The minimum atomic E-state index is -0.531. The third kappa shape index (κ3) is 1.22. The highest BCUT2D eigenvalue weighted by molar-refractivity contribution is 6.09. The Bertz CT molecular complexity index is 558. The molecule has 0 saturated carbocycles. The van der Waals surface area contributed by atoms with Gasteiger partial charge in [0.1, 0.15) is 0 Å². The molecule has 0 fully saturated rings. The molecule has 0 saturated heterocycles. The van der Waals surface area contributed by atoms with E-state index in [0.29, 0.717) is 0 Å². The molecule has 0 radical (unpaired) electrons. The topological polar surface area (TPSA) is 46.2 Å². The van der Waals surface area contributed by atoms with Crippen LogP contribution in [0.15, 0.2) is 12.1 Å². The lowest BCUT2D eigenvalue weighted by atomic mass is 9.85. The predicted molar refractivity (Wildman–Crippen MR) is 65.3 cm³/mol. The van der Waals surface area contributed by atoms with E-state index < -0.39 is 5.41 Å². The second-order valence-electron chi connectivity index (χ2n) is 5.60. The Morgan fingerprint density at radius 1 is 1.29 bits per heavy atom. The molecule has 0 bridgehead atoms. The Hall–Kier alpha value is -1.64. The molecule has 2 aliphatic rings. The van der Waals surface area contributed by atoms with Gasteiger partial charge < -0.3 is 5.32 Å². The summed E-state index contributed by atoms with van der Waals surface area (Å²) < 4.78 is 0. The molecule has 1 atom stereocenters. The number of ketones is 1. The number of hydrogen-bond acceptors (Lipinski definition) is 2. The first kappa shape index (κ1) is 10.5. The molecule has 1 aliphatic carbocycles. The highest BCUT2D eigenvalue weighted by Crippen LogP contribution is 2.41. The second-order valence-corrected chi connectivity index (χ2v) is 5.60. The van der Waals surface area contributed by atoms with Crippen LogP contribution in [0.4, 0.5) is 5.69 Å². The van der Waals surface area contributed by atoms with Crippen molar-refractivity contribution in [2.24, 2.45) is 5.92 Å². The predicted octanol–water partition coefficient (Wildman–Crippen LogP) is 2.29. The van der Waals surface area contributed by atoms with Crippen molar-refractivity contribution in [3.63, 3.8) is 0 Å². The van der Waals surface area contributed by atoms with Crippen molar-refractivity contribution in [1.82, 2.24) is 0 Å². The van der Waals surface area contributed by atoms with Crippen molar-refractivity contribution in [3.8, 4) is 0 Å². The smallest absolute Gasteiger partial charge is 0.234 e. The van der Waals surface area contributed by atoms with E-state index in [1.54, 1.807) is 0 Å². The van der Waals surface area contributed by atoms with Crippen LogP contribution in [0.25, 0.3) is 0 Å². The summed E-state index contributed by atoms with van der Waals surface area (Å²) in [6, 6.07) is 3.88. The lowest BCUT2D eigenvalue weighted by molar-refractivity contribution is -0.119. The van der Waals surface area contributed by atoms with Gasteiger partial charge in [-0.15, -0.1) is 0 Å². The Morgan fingerprint density at radius 2 is 2.00 bits per heavy atom. The molecule has 1 N–H and O–H groups in total. The van der Waals surface area contributed by atoms with Gasteiger partial charge in [0.2, 0.25) is 5.91 Å². The summed E-state index contributed by atoms with van der Waals surface area (Å²) in [4.78, 5) is 23.8. The van der Waals surface area contributed by atoms with E-state index in [1.165, 1.54) is 0 Å².